The summed E-state index contributed by atoms with van der Waals surface area (Å²) >= 11 is 0. The van der Waals surface area contributed by atoms with E-state index in [4.69, 9.17) is 4.74 Å². The van der Waals surface area contributed by atoms with E-state index in [1.54, 1.807) is 6.92 Å². The number of ether oxygens (including phenoxy) is 1. The van der Waals surface area contributed by atoms with Crippen LogP contribution in [0, 0.1) is 0 Å². The van der Waals surface area contributed by atoms with Crippen molar-refractivity contribution in [1.29, 1.82) is 0 Å². The lowest BCUT2D eigenvalue weighted by molar-refractivity contribution is -0.131. The monoisotopic (exact) mass is 271 g/mol. The summed E-state index contributed by atoms with van der Waals surface area (Å²) in [5, 5.41) is 8.68. The molecule has 2 unspecified atom stereocenters. The summed E-state index contributed by atoms with van der Waals surface area (Å²) < 4.78 is 5.45. The van der Waals surface area contributed by atoms with Gasteiger partial charge in [-0.15, -0.1) is 0 Å². The molecule has 2 amide bonds. The summed E-state index contributed by atoms with van der Waals surface area (Å²) in [6.07, 6.45) is 0.173. The molecule has 0 aromatic heterocycles. The number of carbonyl (C=O) groups excluding carboxylic acids is 2. The van der Waals surface area contributed by atoms with Gasteiger partial charge in [-0.2, -0.15) is 0 Å². The van der Waals surface area contributed by atoms with E-state index in [0.29, 0.717) is 13.2 Å². The van der Waals surface area contributed by atoms with E-state index in [1.165, 1.54) is 0 Å². The van der Waals surface area contributed by atoms with Gasteiger partial charge in [0.15, 0.2) is 0 Å². The SMILES string of the molecule is CC(NC(=O)CC1CNCCO1)C(=O)NC(C)(C)C. The van der Waals surface area contributed by atoms with Crippen LogP contribution < -0.4 is 16.0 Å². The Labute approximate surface area is 114 Å². The van der Waals surface area contributed by atoms with Crippen molar-refractivity contribution in [3.63, 3.8) is 0 Å². The minimum atomic E-state index is -0.539. The number of hydrogen-bond donors (Lipinski definition) is 3. The van der Waals surface area contributed by atoms with Gasteiger partial charge in [0, 0.05) is 18.6 Å². The average Bonchev–Trinajstić information content (AvgIpc) is 2.27. The number of morpholine rings is 1. The highest BCUT2D eigenvalue weighted by atomic mass is 16.5. The maximum absolute atomic E-state index is 11.8. The second kappa shape index (κ2) is 6.86. The Bertz CT molecular complexity index is 320. The fourth-order valence-electron chi connectivity index (χ4n) is 1.80. The lowest BCUT2D eigenvalue weighted by Gasteiger charge is -2.25. The molecule has 3 N–H and O–H groups in total. The number of hydrogen-bond acceptors (Lipinski definition) is 4. The highest BCUT2D eigenvalue weighted by molar-refractivity contribution is 5.87. The van der Waals surface area contributed by atoms with Gasteiger partial charge in [-0.1, -0.05) is 0 Å². The Balaban J connectivity index is 2.32. The molecule has 6 heteroatoms. The summed E-state index contributed by atoms with van der Waals surface area (Å²) in [6.45, 7) is 9.51. The van der Waals surface area contributed by atoms with Crippen molar-refractivity contribution in [1.82, 2.24) is 16.0 Å². The molecule has 0 spiro atoms. The fourth-order valence-corrected chi connectivity index (χ4v) is 1.80. The van der Waals surface area contributed by atoms with Gasteiger partial charge < -0.3 is 20.7 Å². The zero-order valence-electron chi connectivity index (χ0n) is 12.2. The van der Waals surface area contributed by atoms with Crippen LogP contribution in [0.4, 0.5) is 0 Å². The van der Waals surface area contributed by atoms with Crippen LogP contribution in [0.2, 0.25) is 0 Å². The van der Waals surface area contributed by atoms with Gasteiger partial charge in [0.05, 0.1) is 19.1 Å². The predicted molar refractivity (Wildman–Crippen MR) is 72.7 cm³/mol. The third-order valence-corrected chi connectivity index (χ3v) is 2.69. The molecule has 2 atom stereocenters. The van der Waals surface area contributed by atoms with Crippen LogP contribution >= 0.6 is 0 Å². The molecule has 0 bridgehead atoms. The van der Waals surface area contributed by atoms with Crippen molar-refractivity contribution in [2.75, 3.05) is 19.7 Å². The lowest BCUT2D eigenvalue weighted by atomic mass is 10.1. The van der Waals surface area contributed by atoms with Crippen molar-refractivity contribution < 1.29 is 14.3 Å². The van der Waals surface area contributed by atoms with Gasteiger partial charge in [0.25, 0.3) is 0 Å². The van der Waals surface area contributed by atoms with Crippen molar-refractivity contribution in [3.05, 3.63) is 0 Å². The molecule has 1 aliphatic rings. The Morgan fingerprint density at radius 3 is 2.63 bits per heavy atom. The summed E-state index contributed by atoms with van der Waals surface area (Å²) in [4.78, 5) is 23.6. The predicted octanol–water partition coefficient (Wildman–Crippen LogP) is -0.216. The third-order valence-electron chi connectivity index (χ3n) is 2.69. The molecule has 0 radical (unpaired) electrons. The lowest BCUT2D eigenvalue weighted by Crippen LogP contribution is -2.51. The molecule has 110 valence electrons. The maximum atomic E-state index is 11.8. The number of rotatable bonds is 4. The first kappa shape index (κ1) is 15.9. The van der Waals surface area contributed by atoms with Crippen LogP contribution in [0.5, 0.6) is 0 Å². The normalized spacial score (nSPS) is 21.6. The molecule has 0 aliphatic carbocycles. The van der Waals surface area contributed by atoms with Crippen LogP contribution in [-0.2, 0) is 14.3 Å². The summed E-state index contributed by atoms with van der Waals surface area (Å²) in [5.74, 6) is -0.339. The zero-order chi connectivity index (χ0) is 14.5. The first-order valence-corrected chi connectivity index (χ1v) is 6.71. The van der Waals surface area contributed by atoms with Crippen molar-refractivity contribution in [3.8, 4) is 0 Å². The molecule has 1 rings (SSSR count). The highest BCUT2D eigenvalue weighted by Gasteiger charge is 2.23. The van der Waals surface area contributed by atoms with E-state index in [0.717, 1.165) is 6.54 Å². The highest BCUT2D eigenvalue weighted by Crippen LogP contribution is 2.03. The molecule has 1 aliphatic heterocycles. The number of amides is 2. The van der Waals surface area contributed by atoms with E-state index in [-0.39, 0.29) is 29.9 Å². The quantitative estimate of drug-likeness (QED) is 0.661. The Hall–Kier alpha value is -1.14. The number of carbonyl (C=O) groups is 2. The van der Waals surface area contributed by atoms with Gasteiger partial charge in [-0.3, -0.25) is 9.59 Å². The minimum Gasteiger partial charge on any atom is -0.375 e. The topological polar surface area (TPSA) is 79.5 Å². The Morgan fingerprint density at radius 2 is 2.11 bits per heavy atom. The average molecular weight is 271 g/mol. The van der Waals surface area contributed by atoms with E-state index in [2.05, 4.69) is 16.0 Å². The van der Waals surface area contributed by atoms with Gasteiger partial charge in [0.1, 0.15) is 6.04 Å². The molecule has 1 fully saturated rings. The van der Waals surface area contributed by atoms with Crippen LogP contribution in [-0.4, -0.2) is 49.2 Å². The van der Waals surface area contributed by atoms with Gasteiger partial charge in [-0.05, 0) is 27.7 Å². The molecule has 1 saturated heterocycles. The van der Waals surface area contributed by atoms with E-state index in [1.807, 2.05) is 20.8 Å². The zero-order valence-corrected chi connectivity index (χ0v) is 12.2. The van der Waals surface area contributed by atoms with Gasteiger partial charge >= 0.3 is 0 Å². The van der Waals surface area contributed by atoms with Gasteiger partial charge in [0.2, 0.25) is 11.8 Å². The van der Waals surface area contributed by atoms with E-state index < -0.39 is 6.04 Å². The van der Waals surface area contributed by atoms with Crippen molar-refractivity contribution in [2.24, 2.45) is 0 Å². The number of nitrogens with one attached hydrogen (secondary N) is 3. The molecule has 0 saturated carbocycles. The molecule has 6 nitrogen and oxygen atoms in total. The molecule has 0 aromatic rings. The third kappa shape index (κ3) is 6.54. The Kier molecular flexibility index (Phi) is 5.75. The summed E-state index contributed by atoms with van der Waals surface area (Å²) in [5.41, 5.74) is -0.299. The second-order valence-corrected chi connectivity index (χ2v) is 5.93. The summed E-state index contributed by atoms with van der Waals surface area (Å²) in [6, 6.07) is -0.539. The van der Waals surface area contributed by atoms with Crippen LogP contribution in [0.25, 0.3) is 0 Å². The first-order chi connectivity index (χ1) is 8.78. The van der Waals surface area contributed by atoms with Crippen molar-refractivity contribution >= 4 is 11.8 Å². The largest absolute Gasteiger partial charge is 0.375 e. The molecule has 1 heterocycles. The van der Waals surface area contributed by atoms with E-state index in [9.17, 15) is 9.59 Å². The maximum Gasteiger partial charge on any atom is 0.242 e. The molecule has 19 heavy (non-hydrogen) atoms. The van der Waals surface area contributed by atoms with Crippen LogP contribution in [0.15, 0.2) is 0 Å². The van der Waals surface area contributed by atoms with Crippen LogP contribution in [0.3, 0.4) is 0 Å². The van der Waals surface area contributed by atoms with Crippen molar-refractivity contribution in [2.45, 2.75) is 51.8 Å². The van der Waals surface area contributed by atoms with Crippen LogP contribution in [0.1, 0.15) is 34.1 Å². The molecule has 0 aromatic carbocycles. The standard InChI is InChI=1S/C13H25N3O3/c1-9(12(18)16-13(2,3)4)15-11(17)7-10-8-14-5-6-19-10/h9-10,14H,5-8H2,1-4H3,(H,15,17)(H,16,18). The Morgan fingerprint density at radius 1 is 1.42 bits per heavy atom. The fraction of sp³-hybridized carbons (Fsp3) is 0.846. The van der Waals surface area contributed by atoms with Gasteiger partial charge in [-0.25, -0.2) is 0 Å². The first-order valence-electron chi connectivity index (χ1n) is 6.71. The molecular formula is C13H25N3O3. The summed E-state index contributed by atoms with van der Waals surface area (Å²) in [7, 11) is 0. The smallest absolute Gasteiger partial charge is 0.242 e. The van der Waals surface area contributed by atoms with E-state index >= 15 is 0 Å². The second-order valence-electron chi connectivity index (χ2n) is 5.93. The minimum absolute atomic E-state index is 0.105. The molecular weight excluding hydrogens is 246 g/mol.